The van der Waals surface area contributed by atoms with Crippen molar-refractivity contribution < 1.29 is 14.3 Å². The molecule has 0 radical (unpaired) electrons. The van der Waals surface area contributed by atoms with E-state index < -0.39 is 0 Å². The van der Waals surface area contributed by atoms with Crippen LogP contribution in [0.15, 0.2) is 53.4 Å². The van der Waals surface area contributed by atoms with Crippen molar-refractivity contribution in [3.8, 4) is 11.5 Å². The highest BCUT2D eigenvalue weighted by atomic mass is 32.2. The molecule has 24 heavy (non-hydrogen) atoms. The highest BCUT2D eigenvalue weighted by Crippen LogP contribution is 2.19. The molecule has 0 saturated heterocycles. The minimum Gasteiger partial charge on any atom is -0.497 e. The first kappa shape index (κ1) is 18.5. The fraction of sp³-hybridized carbons (Fsp3) is 0.278. The quantitative estimate of drug-likeness (QED) is 0.535. The smallest absolute Gasteiger partial charge is 0.234 e. The number of nitrogens with one attached hydrogen (secondary N) is 1. The number of anilines is 1. The summed E-state index contributed by atoms with van der Waals surface area (Å²) in [7, 11) is 1.63. The van der Waals surface area contributed by atoms with Gasteiger partial charge in [0.25, 0.3) is 0 Å². The van der Waals surface area contributed by atoms with Crippen LogP contribution < -0.4 is 14.8 Å². The summed E-state index contributed by atoms with van der Waals surface area (Å²) in [5, 5.41) is 2.91. The number of carbonyl (C=O) groups is 1. The first-order chi connectivity index (χ1) is 11.7. The largest absolute Gasteiger partial charge is 0.497 e. The molecular formula is C18H21NO3S2. The Morgan fingerprint density at radius 2 is 1.88 bits per heavy atom. The monoisotopic (exact) mass is 363 g/mol. The van der Waals surface area contributed by atoms with Crippen molar-refractivity contribution >= 4 is 35.1 Å². The lowest BCUT2D eigenvalue weighted by Gasteiger charge is -2.08. The lowest BCUT2D eigenvalue weighted by molar-refractivity contribution is -0.113. The van der Waals surface area contributed by atoms with Crippen molar-refractivity contribution in [2.75, 3.05) is 36.8 Å². The second-order valence-electron chi connectivity index (χ2n) is 4.86. The molecule has 128 valence electrons. The van der Waals surface area contributed by atoms with Crippen molar-refractivity contribution in [1.29, 1.82) is 0 Å². The van der Waals surface area contributed by atoms with Gasteiger partial charge in [0.15, 0.2) is 0 Å². The van der Waals surface area contributed by atoms with E-state index >= 15 is 0 Å². The maximum absolute atomic E-state index is 11.9. The molecule has 0 aromatic heterocycles. The second-order valence-corrected chi connectivity index (χ2v) is 6.84. The number of rotatable bonds is 9. The third kappa shape index (κ3) is 6.37. The van der Waals surface area contributed by atoms with Crippen molar-refractivity contribution in [3.63, 3.8) is 0 Å². The van der Waals surface area contributed by atoms with Gasteiger partial charge in [0.2, 0.25) is 5.91 Å². The SMILES string of the molecule is COc1ccc(OCCSCC(=O)Nc2cccc(SC)c2)cc1. The summed E-state index contributed by atoms with van der Waals surface area (Å²) in [5.74, 6) is 2.77. The molecule has 0 atom stereocenters. The van der Waals surface area contributed by atoms with Crippen LogP contribution in [-0.4, -0.2) is 37.4 Å². The van der Waals surface area contributed by atoms with Gasteiger partial charge in [-0.15, -0.1) is 23.5 Å². The molecule has 4 nitrogen and oxygen atoms in total. The molecular weight excluding hydrogens is 342 g/mol. The fourth-order valence-electron chi connectivity index (χ4n) is 1.95. The molecule has 1 amide bonds. The Morgan fingerprint density at radius 3 is 2.58 bits per heavy atom. The van der Waals surface area contributed by atoms with Gasteiger partial charge < -0.3 is 14.8 Å². The zero-order valence-corrected chi connectivity index (χ0v) is 15.4. The average molecular weight is 364 g/mol. The van der Waals surface area contributed by atoms with E-state index in [0.717, 1.165) is 27.8 Å². The second kappa shape index (κ2) is 10.2. The molecule has 1 N–H and O–H groups in total. The number of carbonyl (C=O) groups excluding carboxylic acids is 1. The van der Waals surface area contributed by atoms with Gasteiger partial charge in [-0.05, 0) is 48.7 Å². The minimum atomic E-state index is 0.00250. The molecule has 0 aliphatic heterocycles. The van der Waals surface area contributed by atoms with Crippen LogP contribution >= 0.6 is 23.5 Å². The van der Waals surface area contributed by atoms with Crippen LogP contribution in [0.5, 0.6) is 11.5 Å². The van der Waals surface area contributed by atoms with E-state index in [4.69, 9.17) is 9.47 Å². The topological polar surface area (TPSA) is 47.6 Å². The molecule has 0 saturated carbocycles. The van der Waals surface area contributed by atoms with E-state index in [2.05, 4.69) is 5.32 Å². The van der Waals surface area contributed by atoms with Crippen molar-refractivity contribution in [2.45, 2.75) is 4.90 Å². The lowest BCUT2D eigenvalue weighted by Crippen LogP contribution is -2.15. The predicted molar refractivity (Wildman–Crippen MR) is 103 cm³/mol. The summed E-state index contributed by atoms with van der Waals surface area (Å²) in [4.78, 5) is 13.1. The summed E-state index contributed by atoms with van der Waals surface area (Å²) in [6.07, 6.45) is 2.01. The number of methoxy groups -OCH3 is 1. The first-order valence-electron chi connectivity index (χ1n) is 7.50. The Labute approximate surface area is 151 Å². The Bertz CT molecular complexity index is 647. The minimum absolute atomic E-state index is 0.00250. The summed E-state index contributed by atoms with van der Waals surface area (Å²) in [6.45, 7) is 0.562. The van der Waals surface area contributed by atoms with Crippen LogP contribution in [0.25, 0.3) is 0 Å². The molecule has 0 heterocycles. The van der Waals surface area contributed by atoms with Gasteiger partial charge in [0, 0.05) is 16.3 Å². The zero-order valence-electron chi connectivity index (χ0n) is 13.8. The summed E-state index contributed by atoms with van der Waals surface area (Å²) in [5.41, 5.74) is 0.835. The van der Waals surface area contributed by atoms with Gasteiger partial charge in [0.1, 0.15) is 11.5 Å². The summed E-state index contributed by atoms with van der Waals surface area (Å²) < 4.78 is 10.7. The van der Waals surface area contributed by atoms with Gasteiger partial charge in [-0.25, -0.2) is 0 Å². The number of hydrogen-bond acceptors (Lipinski definition) is 5. The van der Waals surface area contributed by atoms with Crippen LogP contribution in [-0.2, 0) is 4.79 Å². The number of amides is 1. The van der Waals surface area contributed by atoms with Crippen LogP contribution in [0.2, 0.25) is 0 Å². The van der Waals surface area contributed by atoms with Crippen LogP contribution in [0.3, 0.4) is 0 Å². The molecule has 0 aliphatic carbocycles. The highest BCUT2D eigenvalue weighted by molar-refractivity contribution is 8.00. The number of ether oxygens (including phenoxy) is 2. The first-order valence-corrected chi connectivity index (χ1v) is 9.87. The van der Waals surface area contributed by atoms with Crippen molar-refractivity contribution in [2.24, 2.45) is 0 Å². The van der Waals surface area contributed by atoms with Crippen molar-refractivity contribution in [3.05, 3.63) is 48.5 Å². The molecule has 6 heteroatoms. The third-order valence-electron chi connectivity index (χ3n) is 3.14. The number of benzene rings is 2. The molecule has 0 aliphatic rings. The van der Waals surface area contributed by atoms with Gasteiger partial charge in [-0.2, -0.15) is 0 Å². The Balaban J connectivity index is 1.63. The fourth-order valence-corrected chi connectivity index (χ4v) is 3.02. The average Bonchev–Trinajstić information content (AvgIpc) is 2.62. The van der Waals surface area contributed by atoms with Crippen LogP contribution in [0, 0.1) is 0 Å². The van der Waals surface area contributed by atoms with Gasteiger partial charge in [-0.3, -0.25) is 4.79 Å². The van der Waals surface area contributed by atoms with E-state index in [1.807, 2.05) is 54.8 Å². The predicted octanol–water partition coefficient (Wildman–Crippen LogP) is 4.17. The standard InChI is InChI=1S/C18H21NO3S2/c1-21-15-6-8-16(9-7-15)22-10-11-24-13-18(20)19-14-4-3-5-17(12-14)23-2/h3-9,12H,10-11,13H2,1-2H3,(H,19,20). The molecule has 2 aromatic carbocycles. The van der Waals surface area contributed by atoms with Crippen LogP contribution in [0.4, 0.5) is 5.69 Å². The highest BCUT2D eigenvalue weighted by Gasteiger charge is 2.03. The molecule has 0 fully saturated rings. The molecule has 2 aromatic rings. The van der Waals surface area contributed by atoms with E-state index in [-0.39, 0.29) is 5.91 Å². The van der Waals surface area contributed by atoms with E-state index in [0.29, 0.717) is 12.4 Å². The van der Waals surface area contributed by atoms with E-state index in [1.165, 1.54) is 0 Å². The number of thioether (sulfide) groups is 2. The van der Waals surface area contributed by atoms with Gasteiger partial charge in [0.05, 0.1) is 19.5 Å². The molecule has 2 rings (SSSR count). The van der Waals surface area contributed by atoms with Gasteiger partial charge in [-0.1, -0.05) is 6.07 Å². The maximum Gasteiger partial charge on any atom is 0.234 e. The summed E-state index contributed by atoms with van der Waals surface area (Å²) >= 11 is 3.20. The number of hydrogen-bond donors (Lipinski definition) is 1. The zero-order chi connectivity index (χ0) is 17.2. The lowest BCUT2D eigenvalue weighted by atomic mass is 10.3. The molecule has 0 unspecified atom stereocenters. The molecule has 0 bridgehead atoms. The van der Waals surface area contributed by atoms with E-state index in [1.54, 1.807) is 30.6 Å². The molecule has 0 spiro atoms. The maximum atomic E-state index is 11.9. The third-order valence-corrected chi connectivity index (χ3v) is 4.79. The Morgan fingerprint density at radius 1 is 1.12 bits per heavy atom. The Kier molecular flexibility index (Phi) is 7.85. The van der Waals surface area contributed by atoms with Gasteiger partial charge >= 0.3 is 0 Å². The van der Waals surface area contributed by atoms with Crippen LogP contribution in [0.1, 0.15) is 0 Å². The summed E-state index contributed by atoms with van der Waals surface area (Å²) in [6, 6.07) is 15.3. The van der Waals surface area contributed by atoms with E-state index in [9.17, 15) is 4.79 Å². The normalized spacial score (nSPS) is 10.2. The van der Waals surface area contributed by atoms with Crippen molar-refractivity contribution in [1.82, 2.24) is 0 Å². The Hall–Kier alpha value is -1.79.